The second kappa shape index (κ2) is 7.37. The van der Waals surface area contributed by atoms with Crippen LogP contribution in [0.1, 0.15) is 12.8 Å². The molecule has 12 heteroatoms. The lowest BCUT2D eigenvalue weighted by molar-refractivity contribution is -0.387. The zero-order chi connectivity index (χ0) is 20.5. The second-order valence-corrected chi connectivity index (χ2v) is 9.48. The molecular weight excluding hydrogens is 410 g/mol. The number of rotatable bonds is 8. The number of ether oxygens (including phenoxy) is 1. The van der Waals surface area contributed by atoms with Crippen molar-refractivity contribution in [3.63, 3.8) is 0 Å². The van der Waals surface area contributed by atoms with Crippen LogP contribution in [0.3, 0.4) is 0 Å². The van der Waals surface area contributed by atoms with Crippen LogP contribution in [0.5, 0.6) is 5.75 Å². The van der Waals surface area contributed by atoms with Crippen molar-refractivity contribution in [2.45, 2.75) is 28.7 Å². The average Bonchev–Trinajstić information content (AvgIpc) is 3.44. The number of hydrogen-bond acceptors (Lipinski definition) is 7. The van der Waals surface area contributed by atoms with Crippen LogP contribution in [0.4, 0.5) is 11.4 Å². The Bertz CT molecular complexity index is 1130. The van der Waals surface area contributed by atoms with Crippen LogP contribution in [-0.4, -0.2) is 34.9 Å². The van der Waals surface area contributed by atoms with Crippen molar-refractivity contribution >= 4 is 31.4 Å². The molecule has 0 saturated heterocycles. The fourth-order valence-electron chi connectivity index (χ4n) is 2.42. The SMILES string of the molecule is COc1ccc(S(=O)(=O)Nc2cccc(S(=O)(=O)NC3CC3)c2)c([N+](=O)[O-])c1. The number of sulfonamides is 2. The van der Waals surface area contributed by atoms with Gasteiger partial charge in [-0.1, -0.05) is 6.07 Å². The fraction of sp³-hybridized carbons (Fsp3) is 0.250. The van der Waals surface area contributed by atoms with E-state index in [1.807, 2.05) is 0 Å². The third-order valence-electron chi connectivity index (χ3n) is 3.95. The zero-order valence-electron chi connectivity index (χ0n) is 14.7. The largest absolute Gasteiger partial charge is 0.497 e. The second-order valence-electron chi connectivity index (χ2n) is 6.12. The zero-order valence-corrected chi connectivity index (χ0v) is 16.3. The number of nitro benzene ring substituents is 1. The van der Waals surface area contributed by atoms with Gasteiger partial charge in [-0.2, -0.15) is 0 Å². The van der Waals surface area contributed by atoms with E-state index in [1.54, 1.807) is 0 Å². The normalized spacial score (nSPS) is 14.5. The predicted molar refractivity (Wildman–Crippen MR) is 100 cm³/mol. The van der Waals surface area contributed by atoms with Crippen molar-refractivity contribution in [3.05, 3.63) is 52.6 Å². The molecule has 10 nitrogen and oxygen atoms in total. The van der Waals surface area contributed by atoms with Gasteiger partial charge in [0.05, 0.1) is 28.7 Å². The molecule has 0 amide bonds. The van der Waals surface area contributed by atoms with E-state index in [0.29, 0.717) is 0 Å². The molecule has 0 atom stereocenters. The first-order chi connectivity index (χ1) is 13.1. The molecule has 0 unspecified atom stereocenters. The van der Waals surface area contributed by atoms with Gasteiger partial charge < -0.3 is 4.74 Å². The highest BCUT2D eigenvalue weighted by atomic mass is 32.2. The van der Waals surface area contributed by atoms with Crippen LogP contribution in [0, 0.1) is 10.1 Å². The van der Waals surface area contributed by atoms with Gasteiger partial charge in [0.2, 0.25) is 10.0 Å². The average molecular weight is 427 g/mol. The Balaban J connectivity index is 1.93. The fourth-order valence-corrected chi connectivity index (χ4v) is 4.97. The molecule has 1 aliphatic rings. The molecule has 2 N–H and O–H groups in total. The maximum Gasteiger partial charge on any atom is 0.293 e. The molecule has 3 rings (SSSR count). The minimum atomic E-state index is -4.35. The lowest BCUT2D eigenvalue weighted by atomic mass is 10.3. The van der Waals surface area contributed by atoms with Crippen molar-refractivity contribution in [2.75, 3.05) is 11.8 Å². The summed E-state index contributed by atoms with van der Waals surface area (Å²) >= 11 is 0. The quantitative estimate of drug-likeness (QED) is 0.483. The van der Waals surface area contributed by atoms with Crippen molar-refractivity contribution in [2.24, 2.45) is 0 Å². The molecule has 1 aliphatic carbocycles. The van der Waals surface area contributed by atoms with E-state index in [4.69, 9.17) is 4.74 Å². The minimum Gasteiger partial charge on any atom is -0.497 e. The first-order valence-electron chi connectivity index (χ1n) is 8.10. The van der Waals surface area contributed by atoms with Crippen LogP contribution in [0.25, 0.3) is 0 Å². The number of nitro groups is 1. The summed E-state index contributed by atoms with van der Waals surface area (Å²) in [5, 5.41) is 11.3. The first kappa shape index (κ1) is 20.0. The van der Waals surface area contributed by atoms with Crippen molar-refractivity contribution in [1.82, 2.24) is 4.72 Å². The van der Waals surface area contributed by atoms with Crippen molar-refractivity contribution < 1.29 is 26.5 Å². The number of benzene rings is 2. The van der Waals surface area contributed by atoms with Gasteiger partial charge in [-0.3, -0.25) is 14.8 Å². The Morgan fingerprint density at radius 2 is 1.79 bits per heavy atom. The topological polar surface area (TPSA) is 145 Å². The van der Waals surface area contributed by atoms with E-state index in [-0.39, 0.29) is 22.4 Å². The van der Waals surface area contributed by atoms with E-state index < -0.39 is 35.6 Å². The van der Waals surface area contributed by atoms with Gasteiger partial charge in [0.15, 0.2) is 4.90 Å². The Hall–Kier alpha value is -2.70. The van der Waals surface area contributed by atoms with Gasteiger partial charge in [0.25, 0.3) is 15.7 Å². The molecule has 0 aliphatic heterocycles. The van der Waals surface area contributed by atoms with E-state index in [9.17, 15) is 26.9 Å². The molecule has 0 spiro atoms. The van der Waals surface area contributed by atoms with E-state index in [1.165, 1.54) is 31.4 Å². The molecular formula is C16H17N3O7S2. The Morgan fingerprint density at radius 1 is 1.07 bits per heavy atom. The number of anilines is 1. The Kier molecular flexibility index (Phi) is 5.28. The molecule has 28 heavy (non-hydrogen) atoms. The lowest BCUT2D eigenvalue weighted by Gasteiger charge is -2.11. The molecule has 2 aromatic rings. The molecule has 0 bridgehead atoms. The van der Waals surface area contributed by atoms with Crippen molar-refractivity contribution in [3.8, 4) is 5.75 Å². The van der Waals surface area contributed by atoms with Gasteiger partial charge in [-0.15, -0.1) is 0 Å². The smallest absolute Gasteiger partial charge is 0.293 e. The number of hydrogen-bond donors (Lipinski definition) is 2. The number of methoxy groups -OCH3 is 1. The molecule has 150 valence electrons. The number of nitrogens with one attached hydrogen (secondary N) is 2. The van der Waals surface area contributed by atoms with E-state index >= 15 is 0 Å². The first-order valence-corrected chi connectivity index (χ1v) is 11.1. The maximum absolute atomic E-state index is 12.7. The summed E-state index contributed by atoms with van der Waals surface area (Å²) < 4.78 is 59.5. The molecule has 0 aromatic heterocycles. The molecule has 2 aromatic carbocycles. The van der Waals surface area contributed by atoms with Crippen molar-refractivity contribution in [1.29, 1.82) is 0 Å². The summed E-state index contributed by atoms with van der Waals surface area (Å²) in [5.41, 5.74) is -0.699. The molecule has 1 saturated carbocycles. The van der Waals surface area contributed by atoms with Gasteiger partial charge in [0.1, 0.15) is 5.75 Å². The van der Waals surface area contributed by atoms with Crippen LogP contribution < -0.4 is 14.2 Å². The van der Waals surface area contributed by atoms with Crippen LogP contribution >= 0.6 is 0 Å². The van der Waals surface area contributed by atoms with Gasteiger partial charge in [0, 0.05) is 6.04 Å². The monoisotopic (exact) mass is 427 g/mol. The van der Waals surface area contributed by atoms with E-state index in [0.717, 1.165) is 31.0 Å². The lowest BCUT2D eigenvalue weighted by Crippen LogP contribution is -2.25. The summed E-state index contributed by atoms with van der Waals surface area (Å²) in [7, 11) is -6.83. The maximum atomic E-state index is 12.7. The summed E-state index contributed by atoms with van der Waals surface area (Å²) in [6.45, 7) is 0. The van der Waals surface area contributed by atoms with Crippen LogP contribution in [0.15, 0.2) is 52.3 Å². The highest BCUT2D eigenvalue weighted by Gasteiger charge is 2.29. The third kappa shape index (κ3) is 4.40. The van der Waals surface area contributed by atoms with Crippen LogP contribution in [0.2, 0.25) is 0 Å². The highest BCUT2D eigenvalue weighted by molar-refractivity contribution is 7.93. The minimum absolute atomic E-state index is 0.0382. The summed E-state index contributed by atoms with van der Waals surface area (Å²) in [5.74, 6) is 0.130. The highest BCUT2D eigenvalue weighted by Crippen LogP contribution is 2.30. The van der Waals surface area contributed by atoms with Crippen LogP contribution in [-0.2, 0) is 20.0 Å². The molecule has 0 heterocycles. The standard InChI is InChI=1S/C16H17N3O7S2/c1-26-13-7-8-16(15(10-13)19(20)21)28(24,25)18-12-3-2-4-14(9-12)27(22,23)17-11-5-6-11/h2-4,7-11,17-18H,5-6H2,1H3. The summed E-state index contributed by atoms with van der Waals surface area (Å²) in [6, 6.07) is 8.43. The molecule has 1 fully saturated rings. The number of nitrogens with zero attached hydrogens (tertiary/aromatic N) is 1. The summed E-state index contributed by atoms with van der Waals surface area (Å²) in [4.78, 5) is 9.74. The van der Waals surface area contributed by atoms with Gasteiger partial charge in [-0.25, -0.2) is 21.6 Å². The Labute approximate surface area is 161 Å². The van der Waals surface area contributed by atoms with E-state index in [2.05, 4.69) is 9.44 Å². The Morgan fingerprint density at radius 3 is 2.39 bits per heavy atom. The third-order valence-corrected chi connectivity index (χ3v) is 6.89. The van der Waals surface area contributed by atoms with Gasteiger partial charge in [-0.05, 0) is 43.2 Å². The summed E-state index contributed by atoms with van der Waals surface area (Å²) in [6.07, 6.45) is 1.51. The van der Waals surface area contributed by atoms with Gasteiger partial charge >= 0.3 is 0 Å². The molecule has 0 radical (unpaired) electrons. The predicted octanol–water partition coefficient (Wildman–Crippen LogP) is 1.84.